The first-order valence-electron chi connectivity index (χ1n) is 7.22. The number of hydrogen-bond acceptors (Lipinski definition) is 2. The second-order valence-corrected chi connectivity index (χ2v) is 6.01. The smallest absolute Gasteiger partial charge is 0.0244 e. The van der Waals surface area contributed by atoms with Gasteiger partial charge in [0.25, 0.3) is 0 Å². The van der Waals surface area contributed by atoms with Gasteiger partial charge in [-0.1, -0.05) is 33.1 Å². The van der Waals surface area contributed by atoms with Gasteiger partial charge in [-0.3, -0.25) is 4.90 Å². The van der Waals surface area contributed by atoms with E-state index in [0.717, 1.165) is 17.9 Å². The summed E-state index contributed by atoms with van der Waals surface area (Å²) in [5.74, 6) is 1.78. The van der Waals surface area contributed by atoms with Crippen molar-refractivity contribution in [3.8, 4) is 0 Å². The van der Waals surface area contributed by atoms with Crippen LogP contribution in [0.4, 0.5) is 0 Å². The van der Waals surface area contributed by atoms with Gasteiger partial charge in [-0.05, 0) is 24.7 Å². The summed E-state index contributed by atoms with van der Waals surface area (Å²) in [7, 11) is 0. The summed E-state index contributed by atoms with van der Waals surface area (Å²) >= 11 is 0. The molecule has 0 amide bonds. The fourth-order valence-corrected chi connectivity index (χ4v) is 3.35. The molecule has 1 saturated heterocycles. The molecule has 1 aliphatic carbocycles. The Kier molecular flexibility index (Phi) is 4.66. The summed E-state index contributed by atoms with van der Waals surface area (Å²) in [6.45, 7) is 9.75. The Balaban J connectivity index is 1.85. The van der Waals surface area contributed by atoms with Crippen LogP contribution in [0.3, 0.4) is 0 Å². The predicted molar refractivity (Wildman–Crippen MR) is 69.6 cm³/mol. The van der Waals surface area contributed by atoms with Crippen molar-refractivity contribution in [3.63, 3.8) is 0 Å². The number of hydrogen-bond donors (Lipinski definition) is 1. The summed E-state index contributed by atoms with van der Waals surface area (Å²) in [6.07, 6.45) is 7.39. The van der Waals surface area contributed by atoms with Crippen LogP contribution in [-0.2, 0) is 0 Å². The molecule has 2 rings (SSSR count). The predicted octanol–water partition coefficient (Wildman–Crippen LogP) is 2.50. The van der Waals surface area contributed by atoms with Crippen molar-refractivity contribution < 1.29 is 0 Å². The van der Waals surface area contributed by atoms with E-state index in [9.17, 15) is 0 Å². The van der Waals surface area contributed by atoms with E-state index in [4.69, 9.17) is 0 Å². The number of nitrogens with zero attached hydrogens (tertiary/aromatic N) is 1. The third-order valence-corrected chi connectivity index (χ3v) is 4.39. The van der Waals surface area contributed by atoms with Crippen molar-refractivity contribution in [2.75, 3.05) is 26.2 Å². The summed E-state index contributed by atoms with van der Waals surface area (Å²) < 4.78 is 0. The average Bonchev–Trinajstić information content (AvgIpc) is 2.31. The van der Waals surface area contributed by atoms with Crippen molar-refractivity contribution in [3.05, 3.63) is 0 Å². The summed E-state index contributed by atoms with van der Waals surface area (Å²) in [4.78, 5) is 2.76. The molecule has 16 heavy (non-hydrogen) atoms. The van der Waals surface area contributed by atoms with E-state index < -0.39 is 0 Å². The third-order valence-electron chi connectivity index (χ3n) is 4.39. The largest absolute Gasteiger partial charge is 0.314 e. The molecule has 0 bridgehead atoms. The quantitative estimate of drug-likeness (QED) is 0.792. The molecule has 1 saturated carbocycles. The SMILES string of the molecule is CC(C)C1CNCCN1CC1CCCCC1. The first-order valence-corrected chi connectivity index (χ1v) is 7.22. The first kappa shape index (κ1) is 12.4. The van der Waals surface area contributed by atoms with E-state index in [0.29, 0.717) is 0 Å². The highest BCUT2D eigenvalue weighted by Crippen LogP contribution is 2.26. The Morgan fingerprint density at radius 3 is 2.62 bits per heavy atom. The normalized spacial score (nSPS) is 29.8. The molecule has 0 aromatic heterocycles. The van der Waals surface area contributed by atoms with Crippen LogP contribution in [0.5, 0.6) is 0 Å². The van der Waals surface area contributed by atoms with E-state index in [-0.39, 0.29) is 0 Å². The van der Waals surface area contributed by atoms with Gasteiger partial charge < -0.3 is 5.32 Å². The Labute approximate surface area is 101 Å². The molecule has 2 nitrogen and oxygen atoms in total. The second kappa shape index (κ2) is 6.02. The van der Waals surface area contributed by atoms with E-state index >= 15 is 0 Å². The molecule has 1 aliphatic heterocycles. The van der Waals surface area contributed by atoms with E-state index in [2.05, 4.69) is 24.1 Å². The third kappa shape index (κ3) is 3.21. The maximum atomic E-state index is 3.54. The maximum Gasteiger partial charge on any atom is 0.0244 e. The van der Waals surface area contributed by atoms with Gasteiger partial charge in [0.05, 0.1) is 0 Å². The zero-order valence-electron chi connectivity index (χ0n) is 11.0. The van der Waals surface area contributed by atoms with E-state index in [1.165, 1.54) is 58.3 Å². The maximum absolute atomic E-state index is 3.54. The minimum atomic E-state index is 0.774. The molecule has 2 fully saturated rings. The van der Waals surface area contributed by atoms with Crippen molar-refractivity contribution in [1.29, 1.82) is 0 Å². The monoisotopic (exact) mass is 224 g/mol. The lowest BCUT2D eigenvalue weighted by atomic mass is 9.88. The highest BCUT2D eigenvalue weighted by Gasteiger charge is 2.27. The Hall–Kier alpha value is -0.0800. The molecule has 1 atom stereocenters. The van der Waals surface area contributed by atoms with Crippen molar-refractivity contribution in [2.24, 2.45) is 11.8 Å². The van der Waals surface area contributed by atoms with Crippen LogP contribution in [0.2, 0.25) is 0 Å². The van der Waals surface area contributed by atoms with Crippen LogP contribution >= 0.6 is 0 Å². The van der Waals surface area contributed by atoms with Crippen LogP contribution < -0.4 is 5.32 Å². The molecular weight excluding hydrogens is 196 g/mol. The molecule has 0 spiro atoms. The lowest BCUT2D eigenvalue weighted by molar-refractivity contribution is 0.0953. The zero-order chi connectivity index (χ0) is 11.4. The van der Waals surface area contributed by atoms with Crippen LogP contribution in [-0.4, -0.2) is 37.1 Å². The van der Waals surface area contributed by atoms with Gasteiger partial charge in [-0.2, -0.15) is 0 Å². The van der Waals surface area contributed by atoms with Crippen LogP contribution in [0.15, 0.2) is 0 Å². The summed E-state index contributed by atoms with van der Waals surface area (Å²) in [5.41, 5.74) is 0. The fraction of sp³-hybridized carbons (Fsp3) is 1.00. The minimum Gasteiger partial charge on any atom is -0.314 e. The number of rotatable bonds is 3. The van der Waals surface area contributed by atoms with Gasteiger partial charge >= 0.3 is 0 Å². The molecule has 94 valence electrons. The lowest BCUT2D eigenvalue weighted by Crippen LogP contribution is -2.54. The highest BCUT2D eigenvalue weighted by atomic mass is 15.2. The van der Waals surface area contributed by atoms with Crippen molar-refractivity contribution in [1.82, 2.24) is 10.2 Å². The van der Waals surface area contributed by atoms with Crippen LogP contribution in [0.25, 0.3) is 0 Å². The molecule has 2 heteroatoms. The minimum absolute atomic E-state index is 0.774. The van der Waals surface area contributed by atoms with Gasteiger partial charge in [-0.15, -0.1) is 0 Å². The fourth-order valence-electron chi connectivity index (χ4n) is 3.35. The molecule has 0 aromatic carbocycles. The van der Waals surface area contributed by atoms with Crippen LogP contribution in [0.1, 0.15) is 46.0 Å². The first-order chi connectivity index (χ1) is 7.77. The molecular formula is C14H28N2. The lowest BCUT2D eigenvalue weighted by Gasteiger charge is -2.41. The van der Waals surface area contributed by atoms with Gasteiger partial charge in [-0.25, -0.2) is 0 Å². The van der Waals surface area contributed by atoms with Crippen molar-refractivity contribution in [2.45, 2.75) is 52.0 Å². The molecule has 1 heterocycles. The molecule has 0 radical (unpaired) electrons. The van der Waals surface area contributed by atoms with Gasteiger partial charge in [0.2, 0.25) is 0 Å². The zero-order valence-corrected chi connectivity index (χ0v) is 11.0. The highest BCUT2D eigenvalue weighted by molar-refractivity contribution is 4.84. The van der Waals surface area contributed by atoms with E-state index in [1.54, 1.807) is 0 Å². The summed E-state index contributed by atoms with van der Waals surface area (Å²) in [6, 6.07) is 0.774. The van der Waals surface area contributed by atoms with Crippen molar-refractivity contribution >= 4 is 0 Å². The van der Waals surface area contributed by atoms with Gasteiger partial charge in [0.15, 0.2) is 0 Å². The number of nitrogens with one attached hydrogen (secondary N) is 1. The van der Waals surface area contributed by atoms with E-state index in [1.807, 2.05) is 0 Å². The van der Waals surface area contributed by atoms with Crippen LogP contribution in [0, 0.1) is 11.8 Å². The standard InChI is InChI=1S/C14H28N2/c1-12(2)14-10-15-8-9-16(14)11-13-6-4-3-5-7-13/h12-15H,3-11H2,1-2H3. The molecule has 0 aromatic rings. The topological polar surface area (TPSA) is 15.3 Å². The summed E-state index contributed by atoms with van der Waals surface area (Å²) in [5, 5.41) is 3.54. The molecule has 2 aliphatic rings. The molecule has 1 N–H and O–H groups in total. The second-order valence-electron chi connectivity index (χ2n) is 6.01. The Morgan fingerprint density at radius 1 is 1.19 bits per heavy atom. The van der Waals surface area contributed by atoms with Gasteiger partial charge in [0.1, 0.15) is 0 Å². The van der Waals surface area contributed by atoms with Gasteiger partial charge in [0, 0.05) is 32.2 Å². The average molecular weight is 224 g/mol. The molecule has 1 unspecified atom stereocenters. The Morgan fingerprint density at radius 2 is 1.94 bits per heavy atom. The Bertz CT molecular complexity index is 197. The number of piperazine rings is 1.